The number of rotatable bonds is 3. The van der Waals surface area contributed by atoms with Crippen LogP contribution in [0.1, 0.15) is 11.3 Å². The predicted molar refractivity (Wildman–Crippen MR) is 54.5 cm³/mol. The van der Waals surface area contributed by atoms with Gasteiger partial charge in [0.1, 0.15) is 24.1 Å². The molecular weight excluding hydrogens is 251 g/mol. The minimum absolute atomic E-state index is 0.0908. The molecule has 18 heavy (non-hydrogen) atoms. The number of nitrogens with one attached hydrogen (secondary N) is 1. The van der Waals surface area contributed by atoms with E-state index in [9.17, 15) is 18.0 Å². The molecule has 0 bridgehead atoms. The number of carbonyl (C=O) groups excluding carboxylic acids is 1. The van der Waals surface area contributed by atoms with Gasteiger partial charge in [0.2, 0.25) is 0 Å². The highest BCUT2D eigenvalue weighted by molar-refractivity contribution is 5.75. The quantitative estimate of drug-likeness (QED) is 0.833. The summed E-state index contributed by atoms with van der Waals surface area (Å²) in [5, 5.41) is 11.0. The largest absolute Gasteiger partial charge is 0.468 e. The fraction of sp³-hybridized carbons (Fsp3) is 0.300. The molecule has 1 N–H and O–H groups in total. The summed E-state index contributed by atoms with van der Waals surface area (Å²) in [6.07, 6.45) is -4.62. The topological polar surface area (TPSA) is 75.0 Å². The van der Waals surface area contributed by atoms with E-state index in [0.29, 0.717) is 6.07 Å². The number of nitrogens with zero attached hydrogens (tertiary/aromatic N) is 2. The molecule has 0 fully saturated rings. The van der Waals surface area contributed by atoms with Gasteiger partial charge in [0.05, 0.1) is 12.7 Å². The van der Waals surface area contributed by atoms with Crippen molar-refractivity contribution < 1.29 is 22.7 Å². The first-order valence-electron chi connectivity index (χ1n) is 4.67. The first-order chi connectivity index (χ1) is 8.38. The maximum absolute atomic E-state index is 12.4. The lowest BCUT2D eigenvalue weighted by molar-refractivity contribution is -0.141. The van der Waals surface area contributed by atoms with Crippen LogP contribution in [0.4, 0.5) is 19.0 Å². The SMILES string of the molecule is COC(=O)CNc1nc(C(F)(F)F)ccc1C#N. The van der Waals surface area contributed by atoms with E-state index in [-0.39, 0.29) is 17.9 Å². The lowest BCUT2D eigenvalue weighted by Crippen LogP contribution is -2.18. The number of pyridine rings is 1. The second kappa shape index (κ2) is 5.35. The minimum atomic E-state index is -4.62. The van der Waals surface area contributed by atoms with Gasteiger partial charge in [-0.15, -0.1) is 0 Å². The second-order valence-corrected chi connectivity index (χ2v) is 3.13. The first-order valence-corrected chi connectivity index (χ1v) is 4.67. The van der Waals surface area contributed by atoms with Crippen LogP contribution in [0.25, 0.3) is 0 Å². The highest BCUT2D eigenvalue weighted by Crippen LogP contribution is 2.29. The second-order valence-electron chi connectivity index (χ2n) is 3.13. The summed E-state index contributed by atoms with van der Waals surface area (Å²) in [7, 11) is 1.13. The van der Waals surface area contributed by atoms with E-state index in [1.54, 1.807) is 6.07 Å². The Bertz CT molecular complexity index is 494. The fourth-order valence-electron chi connectivity index (χ4n) is 1.07. The highest BCUT2D eigenvalue weighted by atomic mass is 19.4. The van der Waals surface area contributed by atoms with Gasteiger partial charge in [-0.1, -0.05) is 0 Å². The van der Waals surface area contributed by atoms with Crippen LogP contribution in [0.2, 0.25) is 0 Å². The van der Waals surface area contributed by atoms with Gasteiger partial charge in [0.25, 0.3) is 0 Å². The Morgan fingerprint density at radius 2 is 2.22 bits per heavy atom. The molecule has 0 radical (unpaired) electrons. The summed E-state index contributed by atoms with van der Waals surface area (Å²) in [5.74, 6) is -0.990. The van der Waals surface area contributed by atoms with Crippen molar-refractivity contribution in [3.8, 4) is 6.07 Å². The van der Waals surface area contributed by atoms with E-state index in [1.165, 1.54) is 0 Å². The molecule has 1 aromatic heterocycles. The number of alkyl halides is 3. The van der Waals surface area contributed by atoms with Crippen molar-refractivity contribution in [1.29, 1.82) is 5.26 Å². The van der Waals surface area contributed by atoms with E-state index in [0.717, 1.165) is 13.2 Å². The van der Waals surface area contributed by atoms with Crippen molar-refractivity contribution in [2.24, 2.45) is 0 Å². The summed E-state index contributed by atoms with van der Waals surface area (Å²) in [5.41, 5.74) is -1.24. The normalized spacial score (nSPS) is 10.6. The van der Waals surface area contributed by atoms with Crippen molar-refractivity contribution in [3.63, 3.8) is 0 Å². The number of aromatic nitrogens is 1. The zero-order valence-corrected chi connectivity index (χ0v) is 9.21. The average molecular weight is 259 g/mol. The lowest BCUT2D eigenvalue weighted by atomic mass is 10.2. The molecule has 1 rings (SSSR count). The van der Waals surface area contributed by atoms with Crippen LogP contribution in [0, 0.1) is 11.3 Å². The van der Waals surface area contributed by atoms with E-state index in [4.69, 9.17) is 5.26 Å². The number of anilines is 1. The molecule has 0 saturated carbocycles. The Kier molecular flexibility index (Phi) is 4.09. The van der Waals surface area contributed by atoms with Crippen LogP contribution < -0.4 is 5.32 Å². The molecule has 0 aliphatic heterocycles. The highest BCUT2D eigenvalue weighted by Gasteiger charge is 2.33. The molecule has 0 aliphatic carbocycles. The van der Waals surface area contributed by atoms with E-state index in [1.807, 2.05) is 0 Å². The van der Waals surface area contributed by atoms with Crippen molar-refractivity contribution in [3.05, 3.63) is 23.4 Å². The molecular formula is C10H8F3N3O2. The molecule has 96 valence electrons. The summed E-state index contributed by atoms with van der Waals surface area (Å²) in [6.45, 7) is -0.376. The third kappa shape index (κ3) is 3.35. The maximum atomic E-state index is 12.4. The number of carbonyl (C=O) groups is 1. The van der Waals surface area contributed by atoms with Crippen LogP contribution in [0.15, 0.2) is 12.1 Å². The molecule has 8 heteroatoms. The number of ether oxygens (including phenoxy) is 1. The number of nitriles is 1. The number of halogens is 3. The smallest absolute Gasteiger partial charge is 0.433 e. The molecule has 0 unspecified atom stereocenters. The van der Waals surface area contributed by atoms with Crippen LogP contribution >= 0.6 is 0 Å². The van der Waals surface area contributed by atoms with E-state index < -0.39 is 17.8 Å². The molecule has 0 saturated heterocycles. The Morgan fingerprint density at radius 1 is 1.56 bits per heavy atom. The summed E-state index contributed by atoms with van der Waals surface area (Å²) in [4.78, 5) is 14.1. The Hall–Kier alpha value is -2.30. The van der Waals surface area contributed by atoms with Crippen LogP contribution in [-0.4, -0.2) is 24.6 Å². The number of methoxy groups -OCH3 is 1. The molecule has 0 aromatic carbocycles. The van der Waals surface area contributed by atoms with Crippen LogP contribution in [0.5, 0.6) is 0 Å². The van der Waals surface area contributed by atoms with Gasteiger partial charge in [0.15, 0.2) is 0 Å². The Labute approximate surface area is 100 Å². The lowest BCUT2D eigenvalue weighted by Gasteiger charge is -2.10. The van der Waals surface area contributed by atoms with Gasteiger partial charge in [-0.2, -0.15) is 18.4 Å². The molecule has 1 aromatic rings. The van der Waals surface area contributed by atoms with Crippen LogP contribution in [0.3, 0.4) is 0 Å². The maximum Gasteiger partial charge on any atom is 0.433 e. The third-order valence-corrected chi connectivity index (χ3v) is 1.93. The molecule has 0 amide bonds. The number of esters is 1. The van der Waals surface area contributed by atoms with Gasteiger partial charge >= 0.3 is 12.1 Å². The van der Waals surface area contributed by atoms with Gasteiger partial charge in [0, 0.05) is 0 Å². The monoisotopic (exact) mass is 259 g/mol. The summed E-state index contributed by atoms with van der Waals surface area (Å²) >= 11 is 0. The predicted octanol–water partition coefficient (Wildman–Crippen LogP) is 1.56. The van der Waals surface area contributed by atoms with Gasteiger partial charge in [-0.25, -0.2) is 4.98 Å². The number of hydrogen-bond donors (Lipinski definition) is 1. The average Bonchev–Trinajstić information content (AvgIpc) is 2.34. The standard InChI is InChI=1S/C10H8F3N3O2/c1-18-8(17)5-15-9-6(4-14)2-3-7(16-9)10(11,12)13/h2-3H,5H2,1H3,(H,15,16). The minimum Gasteiger partial charge on any atom is -0.468 e. The first kappa shape index (κ1) is 13.8. The fourth-order valence-corrected chi connectivity index (χ4v) is 1.07. The molecule has 0 spiro atoms. The van der Waals surface area contributed by atoms with E-state index >= 15 is 0 Å². The van der Waals surface area contributed by atoms with Crippen molar-refractivity contribution in [2.75, 3.05) is 19.0 Å². The van der Waals surface area contributed by atoms with Crippen LogP contribution in [-0.2, 0) is 15.7 Å². The van der Waals surface area contributed by atoms with Gasteiger partial charge in [-0.3, -0.25) is 4.79 Å². The zero-order chi connectivity index (χ0) is 13.8. The van der Waals surface area contributed by atoms with Crippen molar-refractivity contribution >= 4 is 11.8 Å². The zero-order valence-electron chi connectivity index (χ0n) is 9.21. The number of hydrogen-bond acceptors (Lipinski definition) is 5. The summed E-state index contributed by atoms with van der Waals surface area (Å²) in [6, 6.07) is 3.35. The van der Waals surface area contributed by atoms with Crippen molar-refractivity contribution in [1.82, 2.24) is 4.98 Å². The summed E-state index contributed by atoms with van der Waals surface area (Å²) < 4.78 is 41.5. The van der Waals surface area contributed by atoms with E-state index in [2.05, 4.69) is 15.0 Å². The Morgan fingerprint density at radius 3 is 2.72 bits per heavy atom. The Balaban J connectivity index is 3.00. The molecule has 0 atom stereocenters. The van der Waals surface area contributed by atoms with Gasteiger partial charge in [-0.05, 0) is 12.1 Å². The van der Waals surface area contributed by atoms with Crippen molar-refractivity contribution in [2.45, 2.75) is 6.18 Å². The molecule has 0 aliphatic rings. The third-order valence-electron chi connectivity index (χ3n) is 1.93. The molecule has 5 nitrogen and oxygen atoms in total. The molecule has 1 heterocycles. The van der Waals surface area contributed by atoms with Gasteiger partial charge < -0.3 is 10.1 Å².